The van der Waals surface area contributed by atoms with Crippen LogP contribution in [-0.4, -0.2) is 28.8 Å². The molecule has 0 aliphatic carbocycles. The molecule has 0 saturated carbocycles. The molecule has 0 fully saturated rings. The van der Waals surface area contributed by atoms with E-state index in [1.54, 1.807) is 16.9 Å². The molecule has 0 radical (unpaired) electrons. The van der Waals surface area contributed by atoms with Gasteiger partial charge in [0, 0.05) is 31.5 Å². The van der Waals surface area contributed by atoms with Gasteiger partial charge in [-0.2, -0.15) is 5.10 Å². The Hall–Kier alpha value is -2.14. The van der Waals surface area contributed by atoms with Crippen molar-refractivity contribution in [2.75, 3.05) is 18.0 Å². The maximum atomic E-state index is 12.7. The highest BCUT2D eigenvalue weighted by molar-refractivity contribution is 6.05. The van der Waals surface area contributed by atoms with Crippen LogP contribution in [-0.2, 0) is 7.05 Å². The molecule has 3 rings (SSSR count). The molecule has 1 N–H and O–H groups in total. The molecule has 0 spiro atoms. The number of carbonyl (C=O) groups is 1. The van der Waals surface area contributed by atoms with Crippen LogP contribution in [0.4, 0.5) is 5.69 Å². The lowest BCUT2D eigenvalue weighted by atomic mass is 9.96. The highest BCUT2D eigenvalue weighted by atomic mass is 16.2. The molecule has 2 heterocycles. The van der Waals surface area contributed by atoms with Gasteiger partial charge in [-0.1, -0.05) is 25.1 Å². The van der Waals surface area contributed by atoms with Gasteiger partial charge in [-0.05, 0) is 30.7 Å². The van der Waals surface area contributed by atoms with E-state index < -0.39 is 0 Å². The van der Waals surface area contributed by atoms with E-state index in [9.17, 15) is 4.79 Å². The molecule has 1 aromatic heterocycles. The molecular weight excluding hydrogens is 264 g/mol. The quantitative estimate of drug-likeness (QED) is 0.939. The van der Waals surface area contributed by atoms with Crippen molar-refractivity contribution in [3.05, 3.63) is 47.8 Å². The molecule has 5 heteroatoms. The number of benzene rings is 1. The van der Waals surface area contributed by atoms with E-state index in [4.69, 9.17) is 0 Å². The van der Waals surface area contributed by atoms with Gasteiger partial charge in [-0.3, -0.25) is 9.48 Å². The largest absolute Gasteiger partial charge is 0.310 e. The summed E-state index contributed by atoms with van der Waals surface area (Å²) in [6.07, 6.45) is 2.72. The van der Waals surface area contributed by atoms with Crippen LogP contribution >= 0.6 is 0 Å². The number of hydrogen-bond donors (Lipinski definition) is 1. The van der Waals surface area contributed by atoms with Crippen LogP contribution in [0.1, 0.15) is 35.4 Å². The fourth-order valence-electron chi connectivity index (χ4n) is 2.90. The zero-order valence-electron chi connectivity index (χ0n) is 12.4. The van der Waals surface area contributed by atoms with Crippen LogP contribution in [0.15, 0.2) is 36.5 Å². The summed E-state index contributed by atoms with van der Waals surface area (Å²) in [7, 11) is 1.82. The number of nitrogens with zero attached hydrogens (tertiary/aromatic N) is 3. The number of aryl methyl sites for hydroxylation is 1. The summed E-state index contributed by atoms with van der Waals surface area (Å²) in [5.41, 5.74) is 2.68. The van der Waals surface area contributed by atoms with E-state index in [1.807, 2.05) is 30.1 Å². The van der Waals surface area contributed by atoms with Crippen LogP contribution in [0, 0.1) is 0 Å². The number of para-hydroxylation sites is 1. The first-order valence-corrected chi connectivity index (χ1v) is 7.34. The Kier molecular flexibility index (Phi) is 3.75. The average molecular weight is 284 g/mol. The van der Waals surface area contributed by atoms with Crippen LogP contribution < -0.4 is 10.2 Å². The van der Waals surface area contributed by atoms with Gasteiger partial charge in [0.2, 0.25) is 0 Å². The van der Waals surface area contributed by atoms with Crippen molar-refractivity contribution in [2.24, 2.45) is 7.05 Å². The molecule has 5 nitrogen and oxygen atoms in total. The maximum absolute atomic E-state index is 12.7. The minimum atomic E-state index is -0.0296. The lowest BCUT2D eigenvalue weighted by Gasteiger charge is -2.34. The Balaban J connectivity index is 1.94. The number of nitrogens with one attached hydrogen (secondary N) is 1. The van der Waals surface area contributed by atoms with E-state index in [1.165, 1.54) is 5.56 Å². The lowest BCUT2D eigenvalue weighted by molar-refractivity contribution is 0.0978. The average Bonchev–Trinajstić information content (AvgIpc) is 2.94. The topological polar surface area (TPSA) is 50.2 Å². The molecule has 1 aliphatic heterocycles. The summed E-state index contributed by atoms with van der Waals surface area (Å²) in [5.74, 6) is -0.0296. The number of rotatable bonds is 3. The molecular formula is C16H20N4O. The van der Waals surface area contributed by atoms with E-state index in [-0.39, 0.29) is 5.91 Å². The SMILES string of the molecule is CCNC1CCN(C(=O)c2ccn(C)n2)c2ccccc21. The van der Waals surface area contributed by atoms with Crippen molar-refractivity contribution < 1.29 is 4.79 Å². The minimum Gasteiger partial charge on any atom is -0.310 e. The number of aromatic nitrogens is 2. The first-order valence-electron chi connectivity index (χ1n) is 7.34. The Bertz CT molecular complexity index is 649. The van der Waals surface area contributed by atoms with Crippen molar-refractivity contribution in [3.8, 4) is 0 Å². The summed E-state index contributed by atoms with van der Waals surface area (Å²) in [5, 5.41) is 7.71. The van der Waals surface area contributed by atoms with Crippen molar-refractivity contribution >= 4 is 11.6 Å². The first-order chi connectivity index (χ1) is 10.2. The Labute approximate surface area is 124 Å². The van der Waals surface area contributed by atoms with Gasteiger partial charge in [0.05, 0.1) is 0 Å². The van der Waals surface area contributed by atoms with Crippen LogP contribution in [0.25, 0.3) is 0 Å². The minimum absolute atomic E-state index is 0.0296. The van der Waals surface area contributed by atoms with E-state index in [2.05, 4.69) is 23.4 Å². The van der Waals surface area contributed by atoms with Crippen LogP contribution in [0.3, 0.4) is 0 Å². The second-order valence-electron chi connectivity index (χ2n) is 5.29. The number of anilines is 1. The van der Waals surface area contributed by atoms with Crippen molar-refractivity contribution in [2.45, 2.75) is 19.4 Å². The van der Waals surface area contributed by atoms with Crippen LogP contribution in [0.5, 0.6) is 0 Å². The third kappa shape index (κ3) is 2.56. The fraction of sp³-hybridized carbons (Fsp3) is 0.375. The smallest absolute Gasteiger partial charge is 0.278 e. The standard InChI is InChI=1S/C16H20N4O/c1-3-17-13-9-11-20(15-7-5-4-6-12(13)15)16(21)14-8-10-19(2)18-14/h4-8,10,13,17H,3,9,11H2,1-2H3. The number of hydrogen-bond acceptors (Lipinski definition) is 3. The highest BCUT2D eigenvalue weighted by Gasteiger charge is 2.29. The predicted octanol–water partition coefficient (Wildman–Crippen LogP) is 2.12. The zero-order chi connectivity index (χ0) is 14.8. The monoisotopic (exact) mass is 284 g/mol. The summed E-state index contributed by atoms with van der Waals surface area (Å²) >= 11 is 0. The molecule has 1 aromatic carbocycles. The van der Waals surface area contributed by atoms with Gasteiger partial charge in [-0.25, -0.2) is 0 Å². The van der Waals surface area contributed by atoms with E-state index in [0.717, 1.165) is 18.7 Å². The van der Waals surface area contributed by atoms with Gasteiger partial charge in [0.1, 0.15) is 0 Å². The van der Waals surface area contributed by atoms with Crippen molar-refractivity contribution in [1.29, 1.82) is 0 Å². The van der Waals surface area contributed by atoms with Gasteiger partial charge in [0.15, 0.2) is 5.69 Å². The molecule has 1 aliphatic rings. The van der Waals surface area contributed by atoms with Crippen LogP contribution in [0.2, 0.25) is 0 Å². The fourth-order valence-corrected chi connectivity index (χ4v) is 2.90. The first kappa shape index (κ1) is 13.8. The maximum Gasteiger partial charge on any atom is 0.278 e. The molecule has 1 atom stereocenters. The third-order valence-corrected chi connectivity index (χ3v) is 3.87. The van der Waals surface area contributed by atoms with Crippen molar-refractivity contribution in [3.63, 3.8) is 0 Å². The number of amides is 1. The van der Waals surface area contributed by atoms with Crippen molar-refractivity contribution in [1.82, 2.24) is 15.1 Å². The lowest BCUT2D eigenvalue weighted by Crippen LogP contribution is -2.39. The molecule has 1 amide bonds. The number of fused-ring (bicyclic) bond motifs is 1. The Morgan fingerprint density at radius 2 is 2.19 bits per heavy atom. The highest BCUT2D eigenvalue weighted by Crippen LogP contribution is 2.34. The molecule has 2 aromatic rings. The summed E-state index contributed by atoms with van der Waals surface area (Å²) < 4.78 is 1.66. The Morgan fingerprint density at radius 3 is 2.90 bits per heavy atom. The summed E-state index contributed by atoms with van der Waals surface area (Å²) in [6, 6.07) is 10.2. The Morgan fingerprint density at radius 1 is 1.38 bits per heavy atom. The van der Waals surface area contributed by atoms with Gasteiger partial charge in [0.25, 0.3) is 5.91 Å². The normalized spacial score (nSPS) is 17.6. The van der Waals surface area contributed by atoms with Gasteiger partial charge in [-0.15, -0.1) is 0 Å². The van der Waals surface area contributed by atoms with Gasteiger partial charge < -0.3 is 10.2 Å². The molecule has 21 heavy (non-hydrogen) atoms. The van der Waals surface area contributed by atoms with E-state index >= 15 is 0 Å². The third-order valence-electron chi connectivity index (χ3n) is 3.87. The van der Waals surface area contributed by atoms with Gasteiger partial charge >= 0.3 is 0 Å². The molecule has 1 unspecified atom stereocenters. The summed E-state index contributed by atoms with van der Waals surface area (Å²) in [6.45, 7) is 3.74. The predicted molar refractivity (Wildman–Crippen MR) is 82.4 cm³/mol. The molecule has 0 bridgehead atoms. The summed E-state index contributed by atoms with van der Waals surface area (Å²) in [4.78, 5) is 14.5. The second-order valence-corrected chi connectivity index (χ2v) is 5.29. The molecule has 0 saturated heterocycles. The second kappa shape index (κ2) is 5.69. The van der Waals surface area contributed by atoms with E-state index in [0.29, 0.717) is 18.3 Å². The molecule has 110 valence electrons. The zero-order valence-corrected chi connectivity index (χ0v) is 12.4. The number of carbonyl (C=O) groups excluding carboxylic acids is 1.